The van der Waals surface area contributed by atoms with Crippen LogP contribution >= 0.6 is 0 Å². The third-order valence-corrected chi connectivity index (χ3v) is 4.10. The zero-order valence-electron chi connectivity index (χ0n) is 13.6. The number of carbonyl (C=O) groups excluding carboxylic acids is 1. The Hall–Kier alpha value is -2.50. The van der Waals surface area contributed by atoms with Crippen LogP contribution in [0.5, 0.6) is 0 Å². The van der Waals surface area contributed by atoms with Gasteiger partial charge in [0.05, 0.1) is 5.69 Å². The Kier molecular flexibility index (Phi) is 4.50. The first-order valence-electron chi connectivity index (χ1n) is 7.99. The number of nitrogens with one attached hydrogen (secondary N) is 2. The van der Waals surface area contributed by atoms with Gasteiger partial charge < -0.3 is 14.6 Å². The standard InChI is InChI=1S/C17H22N4O2/c1-12-13(2)23-17(18-12)20-16(22)19-14-6-8-15(9-7-14)21-10-4-3-5-11-21/h6-9H,3-5,10-11H2,1-2H3,(H2,18,19,20,22). The van der Waals surface area contributed by atoms with E-state index in [0.717, 1.165) is 24.5 Å². The highest BCUT2D eigenvalue weighted by Crippen LogP contribution is 2.22. The molecule has 1 aromatic carbocycles. The molecule has 1 aromatic heterocycles. The molecule has 0 unspecified atom stereocenters. The number of aryl methyl sites for hydroxylation is 2. The minimum atomic E-state index is -0.364. The fourth-order valence-electron chi connectivity index (χ4n) is 2.69. The lowest BCUT2D eigenvalue weighted by Crippen LogP contribution is -2.29. The van der Waals surface area contributed by atoms with Gasteiger partial charge in [0.25, 0.3) is 0 Å². The molecular weight excluding hydrogens is 292 g/mol. The molecule has 1 saturated heterocycles. The molecule has 0 aliphatic carbocycles. The van der Waals surface area contributed by atoms with Gasteiger partial charge in [-0.15, -0.1) is 0 Å². The molecule has 2 heterocycles. The summed E-state index contributed by atoms with van der Waals surface area (Å²) in [5, 5.41) is 5.37. The highest BCUT2D eigenvalue weighted by molar-refractivity contribution is 5.98. The molecule has 1 fully saturated rings. The normalized spacial score (nSPS) is 14.6. The molecule has 0 bridgehead atoms. The van der Waals surface area contributed by atoms with Crippen molar-refractivity contribution in [1.29, 1.82) is 0 Å². The monoisotopic (exact) mass is 314 g/mol. The number of nitrogens with zero attached hydrogens (tertiary/aromatic N) is 2. The predicted octanol–water partition coefficient (Wildman–Crippen LogP) is 3.93. The summed E-state index contributed by atoms with van der Waals surface area (Å²) >= 11 is 0. The number of urea groups is 1. The topological polar surface area (TPSA) is 70.4 Å². The van der Waals surface area contributed by atoms with E-state index in [2.05, 4.69) is 20.5 Å². The van der Waals surface area contributed by atoms with Crippen molar-refractivity contribution in [3.05, 3.63) is 35.7 Å². The minimum absolute atomic E-state index is 0.211. The quantitative estimate of drug-likeness (QED) is 0.900. The zero-order chi connectivity index (χ0) is 16.2. The van der Waals surface area contributed by atoms with E-state index >= 15 is 0 Å². The first-order chi connectivity index (χ1) is 11.1. The molecular formula is C17H22N4O2. The Morgan fingerprint density at radius 2 is 1.78 bits per heavy atom. The smallest absolute Gasteiger partial charge is 0.327 e. The third-order valence-electron chi connectivity index (χ3n) is 4.10. The average Bonchev–Trinajstić information content (AvgIpc) is 2.86. The van der Waals surface area contributed by atoms with Crippen molar-refractivity contribution >= 4 is 23.4 Å². The maximum Gasteiger partial charge on any atom is 0.327 e. The molecule has 0 spiro atoms. The number of rotatable bonds is 3. The van der Waals surface area contributed by atoms with Crippen LogP contribution in [-0.2, 0) is 0 Å². The van der Waals surface area contributed by atoms with Gasteiger partial charge in [-0.25, -0.2) is 4.79 Å². The zero-order valence-corrected chi connectivity index (χ0v) is 13.6. The van der Waals surface area contributed by atoms with Crippen LogP contribution in [0.25, 0.3) is 0 Å². The highest BCUT2D eigenvalue weighted by Gasteiger charge is 2.12. The molecule has 2 N–H and O–H groups in total. The lowest BCUT2D eigenvalue weighted by atomic mass is 10.1. The van der Waals surface area contributed by atoms with E-state index in [0.29, 0.717) is 5.76 Å². The van der Waals surface area contributed by atoms with Gasteiger partial charge in [0, 0.05) is 24.5 Å². The summed E-state index contributed by atoms with van der Waals surface area (Å²) < 4.78 is 5.33. The second kappa shape index (κ2) is 6.73. The number of hydrogen-bond donors (Lipinski definition) is 2. The maximum absolute atomic E-state index is 12.0. The Bertz CT molecular complexity index is 653. The molecule has 6 heteroatoms. The summed E-state index contributed by atoms with van der Waals surface area (Å²) in [5.74, 6) is 0.700. The van der Waals surface area contributed by atoms with Crippen LogP contribution in [0.4, 0.5) is 22.2 Å². The Morgan fingerprint density at radius 3 is 2.39 bits per heavy atom. The van der Waals surface area contributed by atoms with Gasteiger partial charge in [-0.1, -0.05) is 0 Å². The van der Waals surface area contributed by atoms with Crippen molar-refractivity contribution in [2.24, 2.45) is 0 Å². The van der Waals surface area contributed by atoms with Gasteiger partial charge in [-0.2, -0.15) is 4.98 Å². The molecule has 2 aromatic rings. The fourth-order valence-corrected chi connectivity index (χ4v) is 2.69. The number of amides is 2. The number of piperidine rings is 1. The first kappa shape index (κ1) is 15.4. The molecule has 0 saturated carbocycles. The minimum Gasteiger partial charge on any atom is -0.428 e. The van der Waals surface area contributed by atoms with E-state index in [9.17, 15) is 4.79 Å². The molecule has 3 rings (SSSR count). The predicted molar refractivity (Wildman–Crippen MR) is 91.1 cm³/mol. The van der Waals surface area contributed by atoms with Gasteiger partial charge in [0.2, 0.25) is 0 Å². The number of aromatic nitrogens is 1. The molecule has 1 aliphatic rings. The molecule has 23 heavy (non-hydrogen) atoms. The highest BCUT2D eigenvalue weighted by atomic mass is 16.4. The number of carbonyl (C=O) groups is 1. The van der Waals surface area contributed by atoms with Crippen LogP contribution in [0.15, 0.2) is 28.7 Å². The van der Waals surface area contributed by atoms with E-state index in [-0.39, 0.29) is 12.0 Å². The maximum atomic E-state index is 12.0. The summed E-state index contributed by atoms with van der Waals surface area (Å²) in [7, 11) is 0. The molecule has 0 radical (unpaired) electrons. The van der Waals surface area contributed by atoms with Crippen LogP contribution in [0, 0.1) is 13.8 Å². The second-order valence-electron chi connectivity index (χ2n) is 5.83. The van der Waals surface area contributed by atoms with Crippen molar-refractivity contribution in [2.75, 3.05) is 28.6 Å². The summed E-state index contributed by atoms with van der Waals surface area (Å²) in [6.45, 7) is 5.86. The Balaban J connectivity index is 1.58. The molecule has 1 aliphatic heterocycles. The summed E-state index contributed by atoms with van der Waals surface area (Å²) in [5.41, 5.74) is 2.71. The first-order valence-corrected chi connectivity index (χ1v) is 7.99. The molecule has 6 nitrogen and oxygen atoms in total. The summed E-state index contributed by atoms with van der Waals surface area (Å²) in [6.07, 6.45) is 3.81. The van der Waals surface area contributed by atoms with Crippen LogP contribution in [0.3, 0.4) is 0 Å². The van der Waals surface area contributed by atoms with E-state index < -0.39 is 0 Å². The van der Waals surface area contributed by atoms with E-state index in [1.165, 1.54) is 24.9 Å². The summed E-state index contributed by atoms with van der Waals surface area (Å²) in [6, 6.07) is 7.76. The van der Waals surface area contributed by atoms with Crippen molar-refractivity contribution in [2.45, 2.75) is 33.1 Å². The van der Waals surface area contributed by atoms with Gasteiger partial charge in [-0.3, -0.25) is 5.32 Å². The average molecular weight is 314 g/mol. The molecule has 122 valence electrons. The van der Waals surface area contributed by atoms with Gasteiger partial charge in [-0.05, 0) is 57.4 Å². The second-order valence-corrected chi connectivity index (χ2v) is 5.83. The number of oxazole rings is 1. The number of anilines is 3. The van der Waals surface area contributed by atoms with Crippen molar-refractivity contribution in [1.82, 2.24) is 4.98 Å². The van der Waals surface area contributed by atoms with Crippen LogP contribution in [-0.4, -0.2) is 24.1 Å². The SMILES string of the molecule is Cc1nc(NC(=O)Nc2ccc(N3CCCCC3)cc2)oc1C. The van der Waals surface area contributed by atoms with Crippen molar-refractivity contribution < 1.29 is 9.21 Å². The van der Waals surface area contributed by atoms with Gasteiger partial charge in [0.1, 0.15) is 5.76 Å². The summed E-state index contributed by atoms with van der Waals surface area (Å²) in [4.78, 5) is 18.5. The van der Waals surface area contributed by atoms with Crippen molar-refractivity contribution in [3.63, 3.8) is 0 Å². The van der Waals surface area contributed by atoms with Crippen LogP contribution in [0.1, 0.15) is 30.7 Å². The van der Waals surface area contributed by atoms with Gasteiger partial charge in [0.15, 0.2) is 0 Å². The Labute approximate surface area is 135 Å². The number of benzene rings is 1. The fraction of sp³-hybridized carbons (Fsp3) is 0.412. The van der Waals surface area contributed by atoms with Crippen molar-refractivity contribution in [3.8, 4) is 0 Å². The number of hydrogen-bond acceptors (Lipinski definition) is 4. The van der Waals surface area contributed by atoms with Crippen LogP contribution < -0.4 is 15.5 Å². The lowest BCUT2D eigenvalue weighted by Gasteiger charge is -2.28. The van der Waals surface area contributed by atoms with E-state index in [1.54, 1.807) is 0 Å². The van der Waals surface area contributed by atoms with Gasteiger partial charge >= 0.3 is 12.0 Å². The van der Waals surface area contributed by atoms with E-state index in [4.69, 9.17) is 4.42 Å². The lowest BCUT2D eigenvalue weighted by molar-refractivity contribution is 0.261. The molecule has 2 amide bonds. The Morgan fingerprint density at radius 1 is 1.09 bits per heavy atom. The third kappa shape index (κ3) is 3.83. The van der Waals surface area contributed by atoms with E-state index in [1.807, 2.05) is 38.1 Å². The van der Waals surface area contributed by atoms with Crippen LogP contribution in [0.2, 0.25) is 0 Å². The molecule has 0 atom stereocenters. The largest absolute Gasteiger partial charge is 0.428 e.